The lowest BCUT2D eigenvalue weighted by Gasteiger charge is -2.13. The predicted molar refractivity (Wildman–Crippen MR) is 63.1 cm³/mol. The number of nitrogens with one attached hydrogen (secondary N) is 2. The molecule has 0 aliphatic carbocycles. The van der Waals surface area contributed by atoms with Crippen LogP contribution in [0.1, 0.15) is 29.1 Å². The maximum atomic E-state index is 13.5. The Kier molecular flexibility index (Phi) is 3.22. The van der Waals surface area contributed by atoms with E-state index in [2.05, 4.69) is 20.5 Å². The van der Waals surface area contributed by atoms with E-state index in [-0.39, 0.29) is 17.6 Å². The van der Waals surface area contributed by atoms with E-state index in [1.54, 1.807) is 25.1 Å². The summed E-state index contributed by atoms with van der Waals surface area (Å²) >= 11 is 0. The topological polar surface area (TPSA) is 96.7 Å². The lowest BCUT2D eigenvalue weighted by Crippen LogP contribution is -2.28. The van der Waals surface area contributed by atoms with Crippen molar-refractivity contribution in [3.63, 3.8) is 0 Å². The molecule has 7 heteroatoms. The number of hydrogen-bond donors (Lipinski definition) is 3. The molecule has 0 saturated carbocycles. The van der Waals surface area contributed by atoms with E-state index in [4.69, 9.17) is 5.73 Å². The van der Waals surface area contributed by atoms with Crippen molar-refractivity contribution in [2.24, 2.45) is 0 Å². The summed E-state index contributed by atoms with van der Waals surface area (Å²) in [6.45, 7) is 1.68. The fourth-order valence-electron chi connectivity index (χ4n) is 1.55. The van der Waals surface area contributed by atoms with Crippen LogP contribution in [0.15, 0.2) is 24.3 Å². The van der Waals surface area contributed by atoms with E-state index >= 15 is 0 Å². The molecule has 4 N–H and O–H groups in total. The van der Waals surface area contributed by atoms with E-state index in [1.807, 2.05) is 0 Å². The summed E-state index contributed by atoms with van der Waals surface area (Å²) in [5, 5.41) is 8.53. The standard InChI is InChI=1S/C11H12FN5O/c1-6(7-4-2-3-5-8(7)12)14-10(18)9-15-11(13)17-16-9/h2-6H,1H3,(H,14,18)(H3,13,15,16,17). The molecule has 6 nitrogen and oxygen atoms in total. The summed E-state index contributed by atoms with van der Waals surface area (Å²) in [5.41, 5.74) is 5.69. The van der Waals surface area contributed by atoms with Crippen LogP contribution in [0.25, 0.3) is 0 Å². The zero-order valence-corrected chi connectivity index (χ0v) is 9.64. The maximum Gasteiger partial charge on any atom is 0.289 e. The number of halogens is 1. The van der Waals surface area contributed by atoms with Crippen LogP contribution in [-0.2, 0) is 0 Å². The average Bonchev–Trinajstić information content (AvgIpc) is 2.76. The normalized spacial score (nSPS) is 12.1. The van der Waals surface area contributed by atoms with Crippen molar-refractivity contribution in [2.75, 3.05) is 5.73 Å². The van der Waals surface area contributed by atoms with Gasteiger partial charge in [-0.1, -0.05) is 18.2 Å². The molecule has 18 heavy (non-hydrogen) atoms. The van der Waals surface area contributed by atoms with Crippen molar-refractivity contribution in [1.82, 2.24) is 20.5 Å². The smallest absolute Gasteiger partial charge is 0.289 e. The molecule has 0 aliphatic heterocycles. The first-order valence-electron chi connectivity index (χ1n) is 5.31. The van der Waals surface area contributed by atoms with Gasteiger partial charge in [0.2, 0.25) is 11.8 Å². The lowest BCUT2D eigenvalue weighted by atomic mass is 10.1. The molecule has 0 radical (unpaired) electrons. The third-order valence-corrected chi connectivity index (χ3v) is 2.44. The number of aromatic amines is 1. The molecule has 1 amide bonds. The van der Waals surface area contributed by atoms with E-state index in [1.165, 1.54) is 6.07 Å². The van der Waals surface area contributed by atoms with Gasteiger partial charge in [0.15, 0.2) is 0 Å². The van der Waals surface area contributed by atoms with Gasteiger partial charge in [-0.3, -0.25) is 9.89 Å². The first-order chi connectivity index (χ1) is 8.58. The van der Waals surface area contributed by atoms with Crippen molar-refractivity contribution >= 4 is 11.9 Å². The molecule has 94 valence electrons. The third kappa shape index (κ3) is 2.45. The van der Waals surface area contributed by atoms with Crippen molar-refractivity contribution in [1.29, 1.82) is 0 Å². The summed E-state index contributed by atoms with van der Waals surface area (Å²) in [6, 6.07) is 5.75. The molecule has 0 saturated heterocycles. The van der Waals surface area contributed by atoms with E-state index in [0.717, 1.165) is 0 Å². The molecular weight excluding hydrogens is 237 g/mol. The summed E-state index contributed by atoms with van der Waals surface area (Å²) in [4.78, 5) is 15.4. The van der Waals surface area contributed by atoms with Crippen molar-refractivity contribution in [3.8, 4) is 0 Å². The second-order valence-corrected chi connectivity index (χ2v) is 3.76. The Balaban J connectivity index is 2.10. The number of hydrogen-bond acceptors (Lipinski definition) is 4. The second-order valence-electron chi connectivity index (χ2n) is 3.76. The van der Waals surface area contributed by atoms with Gasteiger partial charge in [-0.05, 0) is 13.0 Å². The highest BCUT2D eigenvalue weighted by molar-refractivity contribution is 5.90. The number of carbonyl (C=O) groups is 1. The Morgan fingerprint density at radius 3 is 2.83 bits per heavy atom. The molecule has 0 fully saturated rings. The molecule has 2 aromatic rings. The minimum Gasteiger partial charge on any atom is -0.366 e. The Bertz CT molecular complexity index is 568. The van der Waals surface area contributed by atoms with Gasteiger partial charge in [-0.2, -0.15) is 4.98 Å². The van der Waals surface area contributed by atoms with Crippen LogP contribution < -0.4 is 11.1 Å². The molecule has 1 heterocycles. The average molecular weight is 249 g/mol. The van der Waals surface area contributed by atoms with Gasteiger partial charge in [0, 0.05) is 5.56 Å². The SMILES string of the molecule is CC(NC(=O)c1nc(N)n[nH]1)c1ccccc1F. The number of nitrogens with zero attached hydrogens (tertiary/aromatic N) is 2. The van der Waals surface area contributed by atoms with Gasteiger partial charge in [-0.25, -0.2) is 4.39 Å². The fourth-order valence-corrected chi connectivity index (χ4v) is 1.55. The number of benzene rings is 1. The highest BCUT2D eigenvalue weighted by Gasteiger charge is 2.16. The minimum atomic E-state index is -0.491. The zero-order chi connectivity index (χ0) is 13.1. The van der Waals surface area contributed by atoms with Gasteiger partial charge in [0.25, 0.3) is 5.91 Å². The van der Waals surface area contributed by atoms with Crippen LogP contribution in [0.4, 0.5) is 10.3 Å². The third-order valence-electron chi connectivity index (χ3n) is 2.44. The molecule has 0 spiro atoms. The molecule has 1 atom stereocenters. The van der Waals surface area contributed by atoms with Crippen molar-refractivity contribution in [2.45, 2.75) is 13.0 Å². The molecule has 2 rings (SSSR count). The van der Waals surface area contributed by atoms with Crippen LogP contribution in [0.3, 0.4) is 0 Å². The van der Waals surface area contributed by atoms with Gasteiger partial charge in [0.1, 0.15) is 5.82 Å². The molecule has 0 bridgehead atoms. The first-order valence-corrected chi connectivity index (χ1v) is 5.31. The summed E-state index contributed by atoms with van der Waals surface area (Å²) < 4.78 is 13.5. The summed E-state index contributed by atoms with van der Waals surface area (Å²) in [6.07, 6.45) is 0. The van der Waals surface area contributed by atoms with E-state index in [0.29, 0.717) is 5.56 Å². The first kappa shape index (κ1) is 12.0. The number of carbonyl (C=O) groups excluding carboxylic acids is 1. The largest absolute Gasteiger partial charge is 0.366 e. The van der Waals surface area contributed by atoms with E-state index in [9.17, 15) is 9.18 Å². The Labute approximate surface area is 102 Å². The van der Waals surface area contributed by atoms with Crippen LogP contribution >= 0.6 is 0 Å². The highest BCUT2D eigenvalue weighted by atomic mass is 19.1. The monoisotopic (exact) mass is 249 g/mol. The van der Waals surface area contributed by atoms with Crippen LogP contribution in [0.2, 0.25) is 0 Å². The lowest BCUT2D eigenvalue weighted by molar-refractivity contribution is 0.0929. The molecule has 0 aliphatic rings. The van der Waals surface area contributed by atoms with Crippen LogP contribution in [-0.4, -0.2) is 21.1 Å². The van der Waals surface area contributed by atoms with Gasteiger partial charge in [-0.15, -0.1) is 5.10 Å². The van der Waals surface area contributed by atoms with E-state index < -0.39 is 11.9 Å². The van der Waals surface area contributed by atoms with Crippen LogP contribution in [0.5, 0.6) is 0 Å². The van der Waals surface area contributed by atoms with Crippen molar-refractivity contribution < 1.29 is 9.18 Å². The second kappa shape index (κ2) is 4.82. The molecule has 1 unspecified atom stereocenters. The van der Waals surface area contributed by atoms with Gasteiger partial charge in [0.05, 0.1) is 6.04 Å². The number of nitrogen functional groups attached to an aromatic ring is 1. The molecule has 1 aromatic heterocycles. The zero-order valence-electron chi connectivity index (χ0n) is 9.64. The number of aromatic nitrogens is 3. The van der Waals surface area contributed by atoms with Gasteiger partial charge < -0.3 is 11.1 Å². The van der Waals surface area contributed by atoms with Crippen molar-refractivity contribution in [3.05, 3.63) is 41.5 Å². The molecular formula is C11H12FN5O. The Morgan fingerprint density at radius 1 is 1.50 bits per heavy atom. The Morgan fingerprint density at radius 2 is 2.22 bits per heavy atom. The van der Waals surface area contributed by atoms with Crippen LogP contribution in [0, 0.1) is 5.82 Å². The minimum absolute atomic E-state index is 0.00399. The summed E-state index contributed by atoms with van der Waals surface area (Å²) in [5.74, 6) is -0.883. The number of H-pyrrole nitrogens is 1. The fraction of sp³-hybridized carbons (Fsp3) is 0.182. The Hall–Kier alpha value is -2.44. The number of amides is 1. The maximum absolute atomic E-state index is 13.5. The predicted octanol–water partition coefficient (Wildman–Crippen LogP) is 1.02. The molecule has 1 aromatic carbocycles. The quantitative estimate of drug-likeness (QED) is 0.756. The highest BCUT2D eigenvalue weighted by Crippen LogP contribution is 2.16. The van der Waals surface area contributed by atoms with Gasteiger partial charge >= 0.3 is 0 Å². The number of anilines is 1. The number of nitrogens with two attached hydrogens (primary N) is 1. The summed E-state index contributed by atoms with van der Waals surface area (Å²) in [7, 11) is 0. The number of rotatable bonds is 3.